The monoisotopic (exact) mass is 233 g/mol. The van der Waals surface area contributed by atoms with Crippen LogP contribution < -0.4 is 5.32 Å². The van der Waals surface area contributed by atoms with Crippen molar-refractivity contribution in [3.63, 3.8) is 0 Å². The third kappa shape index (κ3) is 4.10. The van der Waals surface area contributed by atoms with Gasteiger partial charge in [-0.1, -0.05) is 36.9 Å². The lowest BCUT2D eigenvalue weighted by molar-refractivity contribution is -0.141. The highest BCUT2D eigenvalue weighted by Gasteiger charge is 2.20. The summed E-state index contributed by atoms with van der Waals surface area (Å²) in [5, 5.41) is 11.4. The second-order valence-electron chi connectivity index (χ2n) is 3.83. The zero-order valence-corrected chi connectivity index (χ0v) is 9.64. The van der Waals surface area contributed by atoms with E-state index in [2.05, 4.69) is 11.9 Å². The van der Waals surface area contributed by atoms with Crippen LogP contribution in [0.25, 0.3) is 0 Å². The van der Waals surface area contributed by atoms with Crippen LogP contribution in [0.3, 0.4) is 0 Å². The summed E-state index contributed by atoms with van der Waals surface area (Å²) in [4.78, 5) is 22.4. The van der Waals surface area contributed by atoms with E-state index in [0.717, 1.165) is 5.56 Å². The summed E-state index contributed by atoms with van der Waals surface area (Å²) in [6.45, 7) is 5.01. The van der Waals surface area contributed by atoms with Gasteiger partial charge in [0.05, 0.1) is 0 Å². The van der Waals surface area contributed by atoms with E-state index in [0.29, 0.717) is 5.57 Å². The van der Waals surface area contributed by atoms with Crippen molar-refractivity contribution in [1.29, 1.82) is 0 Å². The third-order valence-electron chi connectivity index (χ3n) is 2.27. The fraction of sp³-hybridized carbons (Fsp3) is 0.231. The number of carboxylic acid groups (broad SMARTS) is 1. The maximum absolute atomic E-state index is 11.4. The molecule has 0 aliphatic rings. The molecule has 0 unspecified atom stereocenters. The number of amides is 1. The van der Waals surface area contributed by atoms with Crippen LogP contribution in [-0.2, 0) is 16.0 Å². The second-order valence-corrected chi connectivity index (χ2v) is 3.83. The molecule has 0 aliphatic carbocycles. The van der Waals surface area contributed by atoms with Crippen LogP contribution in [0.4, 0.5) is 0 Å². The SMILES string of the molecule is C=C(C)C(=O)N[C@H](Cc1ccccc1)C(=O)O. The zero-order valence-electron chi connectivity index (χ0n) is 9.64. The van der Waals surface area contributed by atoms with Crippen molar-refractivity contribution in [3.8, 4) is 0 Å². The fourth-order valence-electron chi connectivity index (χ4n) is 1.33. The molecular weight excluding hydrogens is 218 g/mol. The van der Waals surface area contributed by atoms with Crippen LogP contribution in [0.1, 0.15) is 12.5 Å². The maximum atomic E-state index is 11.4. The Morgan fingerprint density at radius 2 is 1.94 bits per heavy atom. The summed E-state index contributed by atoms with van der Waals surface area (Å²) in [6.07, 6.45) is 0.259. The Bertz CT molecular complexity index is 426. The lowest BCUT2D eigenvalue weighted by Crippen LogP contribution is -2.42. The van der Waals surface area contributed by atoms with Gasteiger partial charge in [0, 0.05) is 12.0 Å². The smallest absolute Gasteiger partial charge is 0.326 e. The first-order valence-corrected chi connectivity index (χ1v) is 5.24. The van der Waals surface area contributed by atoms with E-state index in [4.69, 9.17) is 5.11 Å². The van der Waals surface area contributed by atoms with Gasteiger partial charge in [-0.25, -0.2) is 4.79 Å². The molecular formula is C13H15NO3. The number of carboxylic acids is 1. The van der Waals surface area contributed by atoms with Crippen LogP contribution in [0, 0.1) is 0 Å². The standard InChI is InChI=1S/C13H15NO3/c1-9(2)12(15)14-11(13(16)17)8-10-6-4-3-5-7-10/h3-7,11H,1,8H2,2H3,(H,14,15)(H,16,17)/t11-/m1/s1. The molecule has 0 saturated heterocycles. The Balaban J connectivity index is 2.71. The van der Waals surface area contributed by atoms with Crippen LogP contribution in [0.2, 0.25) is 0 Å². The molecule has 2 N–H and O–H groups in total. The van der Waals surface area contributed by atoms with Gasteiger partial charge in [-0.2, -0.15) is 0 Å². The Kier molecular flexibility index (Phi) is 4.46. The zero-order chi connectivity index (χ0) is 12.8. The first kappa shape index (κ1) is 13.0. The molecule has 0 radical (unpaired) electrons. The molecule has 1 aromatic rings. The third-order valence-corrected chi connectivity index (χ3v) is 2.27. The first-order valence-electron chi connectivity index (χ1n) is 5.24. The Hall–Kier alpha value is -2.10. The van der Waals surface area contributed by atoms with Gasteiger partial charge in [0.2, 0.25) is 5.91 Å². The summed E-state index contributed by atoms with van der Waals surface area (Å²) in [6, 6.07) is 8.22. The molecule has 0 spiro atoms. The first-order chi connectivity index (χ1) is 8.00. The van der Waals surface area contributed by atoms with Gasteiger partial charge < -0.3 is 10.4 Å². The van der Waals surface area contributed by atoms with E-state index >= 15 is 0 Å². The summed E-state index contributed by atoms with van der Waals surface area (Å²) in [7, 11) is 0. The average molecular weight is 233 g/mol. The number of hydrogen-bond donors (Lipinski definition) is 2. The summed E-state index contributed by atoms with van der Waals surface area (Å²) in [5.41, 5.74) is 1.16. The number of benzene rings is 1. The van der Waals surface area contributed by atoms with Gasteiger partial charge >= 0.3 is 5.97 Å². The normalized spacial score (nSPS) is 11.6. The fourth-order valence-corrected chi connectivity index (χ4v) is 1.33. The van der Waals surface area contributed by atoms with Crippen molar-refractivity contribution >= 4 is 11.9 Å². The van der Waals surface area contributed by atoms with Crippen LogP contribution in [0.15, 0.2) is 42.5 Å². The molecule has 0 aromatic heterocycles. The lowest BCUT2D eigenvalue weighted by Gasteiger charge is -2.14. The van der Waals surface area contributed by atoms with Crippen molar-refractivity contribution in [2.45, 2.75) is 19.4 Å². The molecule has 1 amide bonds. The Morgan fingerprint density at radius 1 is 1.35 bits per heavy atom. The lowest BCUT2D eigenvalue weighted by atomic mass is 10.1. The molecule has 0 saturated carbocycles. The minimum atomic E-state index is -1.05. The van der Waals surface area contributed by atoms with E-state index in [1.54, 1.807) is 0 Å². The molecule has 0 heterocycles. The molecule has 17 heavy (non-hydrogen) atoms. The van der Waals surface area contributed by atoms with Gasteiger partial charge in [0.15, 0.2) is 0 Å². The summed E-state index contributed by atoms with van der Waals surface area (Å²) < 4.78 is 0. The molecule has 90 valence electrons. The number of rotatable bonds is 5. The molecule has 1 atom stereocenters. The molecule has 0 bridgehead atoms. The van der Waals surface area contributed by atoms with E-state index < -0.39 is 17.9 Å². The van der Waals surface area contributed by atoms with Crippen LogP contribution in [-0.4, -0.2) is 23.0 Å². The van der Waals surface area contributed by atoms with Crippen molar-refractivity contribution in [3.05, 3.63) is 48.0 Å². The van der Waals surface area contributed by atoms with Gasteiger partial charge in [0.25, 0.3) is 0 Å². The quantitative estimate of drug-likeness (QED) is 0.755. The molecule has 1 aromatic carbocycles. The predicted octanol–water partition coefficient (Wildman–Crippen LogP) is 1.37. The van der Waals surface area contributed by atoms with E-state index in [1.165, 1.54) is 6.92 Å². The maximum Gasteiger partial charge on any atom is 0.326 e. The summed E-state index contributed by atoms with van der Waals surface area (Å²) >= 11 is 0. The van der Waals surface area contributed by atoms with Crippen molar-refractivity contribution < 1.29 is 14.7 Å². The van der Waals surface area contributed by atoms with Crippen LogP contribution in [0.5, 0.6) is 0 Å². The number of carbonyl (C=O) groups excluding carboxylic acids is 1. The van der Waals surface area contributed by atoms with Gasteiger partial charge in [0.1, 0.15) is 6.04 Å². The molecule has 4 nitrogen and oxygen atoms in total. The van der Waals surface area contributed by atoms with E-state index in [9.17, 15) is 9.59 Å². The van der Waals surface area contributed by atoms with Crippen molar-refractivity contribution in [2.24, 2.45) is 0 Å². The molecule has 4 heteroatoms. The van der Waals surface area contributed by atoms with E-state index in [-0.39, 0.29) is 6.42 Å². The second kappa shape index (κ2) is 5.84. The van der Waals surface area contributed by atoms with Gasteiger partial charge in [-0.15, -0.1) is 0 Å². The average Bonchev–Trinajstić information content (AvgIpc) is 2.29. The van der Waals surface area contributed by atoms with Gasteiger partial charge in [-0.3, -0.25) is 4.79 Å². The highest BCUT2D eigenvalue weighted by Crippen LogP contribution is 2.04. The predicted molar refractivity (Wildman–Crippen MR) is 64.5 cm³/mol. The van der Waals surface area contributed by atoms with Crippen molar-refractivity contribution in [2.75, 3.05) is 0 Å². The van der Waals surface area contributed by atoms with Crippen molar-refractivity contribution in [1.82, 2.24) is 5.32 Å². The highest BCUT2D eigenvalue weighted by atomic mass is 16.4. The molecule has 0 fully saturated rings. The highest BCUT2D eigenvalue weighted by molar-refractivity contribution is 5.94. The molecule has 1 rings (SSSR count). The van der Waals surface area contributed by atoms with E-state index in [1.807, 2.05) is 30.3 Å². The molecule has 0 aliphatic heterocycles. The minimum absolute atomic E-state index is 0.259. The minimum Gasteiger partial charge on any atom is -0.480 e. The number of nitrogens with one attached hydrogen (secondary N) is 1. The number of aliphatic carboxylic acids is 1. The number of carbonyl (C=O) groups is 2. The Labute approximate surface area is 100.0 Å². The largest absolute Gasteiger partial charge is 0.480 e. The van der Waals surface area contributed by atoms with Crippen LogP contribution >= 0.6 is 0 Å². The Morgan fingerprint density at radius 3 is 2.41 bits per heavy atom. The topological polar surface area (TPSA) is 66.4 Å². The summed E-state index contributed by atoms with van der Waals surface area (Å²) in [5.74, 6) is -1.49. The number of hydrogen-bond acceptors (Lipinski definition) is 2. The van der Waals surface area contributed by atoms with Gasteiger partial charge in [-0.05, 0) is 12.5 Å².